The lowest BCUT2D eigenvalue weighted by molar-refractivity contribution is 0.305. The van der Waals surface area contributed by atoms with Gasteiger partial charge in [0.2, 0.25) is 0 Å². The van der Waals surface area contributed by atoms with Crippen LogP contribution in [-0.4, -0.2) is 5.54 Å². The van der Waals surface area contributed by atoms with Crippen LogP contribution in [0.25, 0.3) is 0 Å². The summed E-state index contributed by atoms with van der Waals surface area (Å²) >= 11 is 6.00. The fraction of sp³-hybridized carbons (Fsp3) is 0.294. The lowest BCUT2D eigenvalue weighted by Crippen LogP contribution is -2.25. The molecule has 21 heavy (non-hydrogen) atoms. The van der Waals surface area contributed by atoms with Gasteiger partial charge in [-0.2, -0.15) is 0 Å². The summed E-state index contributed by atoms with van der Waals surface area (Å²) in [6.07, 6.45) is 0. The van der Waals surface area contributed by atoms with Gasteiger partial charge in [0.05, 0.1) is 0 Å². The van der Waals surface area contributed by atoms with Gasteiger partial charge < -0.3 is 10.1 Å². The summed E-state index contributed by atoms with van der Waals surface area (Å²) in [4.78, 5) is 0. The molecule has 0 heterocycles. The Morgan fingerprint density at radius 3 is 2.38 bits per heavy atom. The zero-order valence-electron chi connectivity index (χ0n) is 12.4. The molecule has 0 saturated carbocycles. The molecule has 4 heteroatoms. The number of benzene rings is 2. The number of nitrogens with one attached hydrogen (secondary N) is 1. The molecular weight excluding hydrogens is 289 g/mol. The quantitative estimate of drug-likeness (QED) is 0.831. The molecule has 0 bridgehead atoms. The third-order valence-corrected chi connectivity index (χ3v) is 3.14. The van der Waals surface area contributed by atoms with E-state index in [1.807, 2.05) is 24.3 Å². The van der Waals surface area contributed by atoms with E-state index in [2.05, 4.69) is 26.1 Å². The summed E-state index contributed by atoms with van der Waals surface area (Å²) in [5.41, 5.74) is 1.67. The van der Waals surface area contributed by atoms with E-state index in [1.165, 1.54) is 18.2 Å². The van der Waals surface area contributed by atoms with Gasteiger partial charge in [0, 0.05) is 21.8 Å². The van der Waals surface area contributed by atoms with Crippen LogP contribution in [0.4, 0.5) is 10.1 Å². The van der Waals surface area contributed by atoms with Gasteiger partial charge in [0.1, 0.15) is 18.2 Å². The van der Waals surface area contributed by atoms with E-state index in [0.29, 0.717) is 10.6 Å². The van der Waals surface area contributed by atoms with Crippen LogP contribution >= 0.6 is 11.6 Å². The van der Waals surface area contributed by atoms with Gasteiger partial charge in [-0.15, -0.1) is 0 Å². The molecule has 2 nitrogen and oxygen atoms in total. The number of ether oxygens (including phenoxy) is 1. The Balaban J connectivity index is 1.99. The van der Waals surface area contributed by atoms with Crippen LogP contribution in [0.2, 0.25) is 5.02 Å². The van der Waals surface area contributed by atoms with Crippen molar-refractivity contribution in [1.82, 2.24) is 0 Å². The van der Waals surface area contributed by atoms with Crippen molar-refractivity contribution in [2.24, 2.45) is 0 Å². The first-order valence-electron chi connectivity index (χ1n) is 6.78. The Hall–Kier alpha value is -1.74. The Labute approximate surface area is 129 Å². The average molecular weight is 308 g/mol. The molecule has 2 aromatic rings. The number of hydrogen-bond acceptors (Lipinski definition) is 2. The van der Waals surface area contributed by atoms with Gasteiger partial charge in [-0.3, -0.25) is 0 Å². The molecule has 0 radical (unpaired) electrons. The summed E-state index contributed by atoms with van der Waals surface area (Å²) < 4.78 is 18.8. The van der Waals surface area contributed by atoms with Crippen molar-refractivity contribution in [2.45, 2.75) is 32.9 Å². The van der Waals surface area contributed by atoms with Crippen LogP contribution in [0.1, 0.15) is 26.3 Å². The second kappa shape index (κ2) is 6.35. The first-order chi connectivity index (χ1) is 9.83. The van der Waals surface area contributed by atoms with Crippen molar-refractivity contribution in [3.05, 3.63) is 58.9 Å². The van der Waals surface area contributed by atoms with E-state index < -0.39 is 0 Å². The molecule has 112 valence electrons. The third-order valence-electron chi connectivity index (χ3n) is 2.78. The first-order valence-corrected chi connectivity index (χ1v) is 7.16. The van der Waals surface area contributed by atoms with Gasteiger partial charge in [-0.25, -0.2) is 4.39 Å². The molecule has 0 spiro atoms. The lowest BCUT2D eigenvalue weighted by atomic mass is 10.1. The summed E-state index contributed by atoms with van der Waals surface area (Å²) in [6, 6.07) is 11.9. The van der Waals surface area contributed by atoms with E-state index >= 15 is 0 Å². The average Bonchev–Trinajstić information content (AvgIpc) is 2.40. The van der Waals surface area contributed by atoms with E-state index in [-0.39, 0.29) is 18.0 Å². The molecule has 1 N–H and O–H groups in total. The minimum atomic E-state index is -0.317. The molecule has 0 aliphatic carbocycles. The monoisotopic (exact) mass is 307 g/mol. The van der Waals surface area contributed by atoms with Gasteiger partial charge >= 0.3 is 0 Å². The zero-order chi connectivity index (χ0) is 15.5. The standard InChI is InChI=1S/C17H19ClFNO/c1-17(2,3)20-14-5-7-15(8-6-14)21-11-12-10-13(19)4-9-16(12)18/h4-10,20H,11H2,1-3H3. The summed E-state index contributed by atoms with van der Waals surface area (Å²) in [7, 11) is 0. The van der Waals surface area contributed by atoms with E-state index in [9.17, 15) is 4.39 Å². The molecule has 0 fully saturated rings. The van der Waals surface area contributed by atoms with Gasteiger partial charge in [0.25, 0.3) is 0 Å². The van der Waals surface area contributed by atoms with Crippen LogP contribution in [0.15, 0.2) is 42.5 Å². The fourth-order valence-electron chi connectivity index (χ4n) is 1.88. The predicted octanol–water partition coefficient (Wildman–Crippen LogP) is 5.27. The SMILES string of the molecule is CC(C)(C)Nc1ccc(OCc2cc(F)ccc2Cl)cc1. The second-order valence-corrected chi connectivity index (χ2v) is 6.33. The van der Waals surface area contributed by atoms with Crippen molar-refractivity contribution in [3.8, 4) is 5.75 Å². The molecule has 0 unspecified atom stereocenters. The number of hydrogen-bond donors (Lipinski definition) is 1. The first kappa shape index (κ1) is 15.6. The third kappa shape index (κ3) is 4.94. The highest BCUT2D eigenvalue weighted by Gasteiger charge is 2.09. The van der Waals surface area contributed by atoms with Crippen LogP contribution in [0, 0.1) is 5.82 Å². The Bertz CT molecular complexity index is 605. The summed E-state index contributed by atoms with van der Waals surface area (Å²) in [5, 5.41) is 3.87. The summed E-state index contributed by atoms with van der Waals surface area (Å²) in [5.74, 6) is 0.400. The van der Waals surface area contributed by atoms with Crippen molar-refractivity contribution in [1.29, 1.82) is 0 Å². The maximum absolute atomic E-state index is 13.2. The fourth-order valence-corrected chi connectivity index (χ4v) is 2.05. The molecule has 0 amide bonds. The topological polar surface area (TPSA) is 21.3 Å². The van der Waals surface area contributed by atoms with Crippen molar-refractivity contribution in [2.75, 3.05) is 5.32 Å². The van der Waals surface area contributed by atoms with Crippen molar-refractivity contribution < 1.29 is 9.13 Å². The van der Waals surface area contributed by atoms with Crippen molar-refractivity contribution in [3.63, 3.8) is 0 Å². The van der Waals surface area contributed by atoms with Crippen LogP contribution in [-0.2, 0) is 6.61 Å². The molecule has 0 saturated heterocycles. The molecule has 0 aliphatic heterocycles. The Kier molecular flexibility index (Phi) is 4.73. The van der Waals surface area contributed by atoms with E-state index in [1.54, 1.807) is 0 Å². The van der Waals surface area contributed by atoms with E-state index in [4.69, 9.17) is 16.3 Å². The predicted molar refractivity (Wildman–Crippen MR) is 85.6 cm³/mol. The van der Waals surface area contributed by atoms with Crippen molar-refractivity contribution >= 4 is 17.3 Å². The number of halogens is 2. The Morgan fingerprint density at radius 2 is 1.76 bits per heavy atom. The summed E-state index contributed by atoms with van der Waals surface area (Å²) in [6.45, 7) is 6.54. The van der Waals surface area contributed by atoms with Crippen LogP contribution in [0.3, 0.4) is 0 Å². The highest BCUT2D eigenvalue weighted by molar-refractivity contribution is 6.31. The van der Waals surface area contributed by atoms with Gasteiger partial charge in [-0.1, -0.05) is 11.6 Å². The van der Waals surface area contributed by atoms with Crippen LogP contribution in [0.5, 0.6) is 5.75 Å². The minimum Gasteiger partial charge on any atom is -0.489 e. The maximum atomic E-state index is 13.2. The second-order valence-electron chi connectivity index (χ2n) is 5.92. The molecule has 0 aromatic heterocycles. The van der Waals surface area contributed by atoms with E-state index in [0.717, 1.165) is 11.4 Å². The smallest absolute Gasteiger partial charge is 0.123 e. The lowest BCUT2D eigenvalue weighted by Gasteiger charge is -2.22. The molecule has 0 aliphatic rings. The highest BCUT2D eigenvalue weighted by Crippen LogP contribution is 2.22. The largest absolute Gasteiger partial charge is 0.489 e. The number of rotatable bonds is 4. The normalized spacial score (nSPS) is 11.3. The van der Waals surface area contributed by atoms with Gasteiger partial charge in [-0.05, 0) is 63.2 Å². The molecular formula is C17H19ClFNO. The Morgan fingerprint density at radius 1 is 1.10 bits per heavy atom. The molecule has 2 rings (SSSR count). The van der Waals surface area contributed by atoms with Crippen LogP contribution < -0.4 is 10.1 Å². The number of anilines is 1. The van der Waals surface area contributed by atoms with Gasteiger partial charge in [0.15, 0.2) is 0 Å². The zero-order valence-corrected chi connectivity index (χ0v) is 13.2. The minimum absolute atomic E-state index is 0.0114. The molecule has 2 aromatic carbocycles. The maximum Gasteiger partial charge on any atom is 0.123 e. The highest BCUT2D eigenvalue weighted by atomic mass is 35.5. The molecule has 0 atom stereocenters.